The highest BCUT2D eigenvalue weighted by molar-refractivity contribution is 7.09. The molecule has 13 heavy (non-hydrogen) atoms. The molecule has 0 spiro atoms. The number of hydrogen-bond donors (Lipinski definition) is 1. The van der Waals surface area contributed by atoms with Gasteiger partial charge < -0.3 is 5.73 Å². The molecule has 72 valence electrons. The molecule has 0 bridgehead atoms. The van der Waals surface area contributed by atoms with Crippen molar-refractivity contribution in [1.29, 1.82) is 0 Å². The van der Waals surface area contributed by atoms with Crippen LogP contribution in [0.15, 0.2) is 5.38 Å². The second kappa shape index (κ2) is 3.39. The molecule has 2 nitrogen and oxygen atoms in total. The number of rotatable bonds is 4. The first-order chi connectivity index (χ1) is 6.22. The molecule has 1 fully saturated rings. The molecular weight excluding hydrogens is 180 g/mol. The van der Waals surface area contributed by atoms with Crippen LogP contribution in [0.5, 0.6) is 0 Å². The van der Waals surface area contributed by atoms with Gasteiger partial charge in [0.2, 0.25) is 0 Å². The number of nitrogens with zero attached hydrogens (tertiary/aromatic N) is 1. The van der Waals surface area contributed by atoms with Gasteiger partial charge in [-0.25, -0.2) is 4.98 Å². The molecule has 1 aliphatic carbocycles. The molecule has 3 heteroatoms. The SMILES string of the molecule is CCCc1csc(CC2(N)CC2)n1. The first-order valence-electron chi connectivity index (χ1n) is 4.94. The van der Waals surface area contributed by atoms with Gasteiger partial charge in [0.1, 0.15) is 0 Å². The summed E-state index contributed by atoms with van der Waals surface area (Å²) >= 11 is 1.77. The smallest absolute Gasteiger partial charge is 0.0946 e. The summed E-state index contributed by atoms with van der Waals surface area (Å²) in [6, 6.07) is 0. The maximum atomic E-state index is 6.03. The minimum atomic E-state index is 0.112. The molecule has 2 rings (SSSR count). The highest BCUT2D eigenvalue weighted by Gasteiger charge is 2.38. The van der Waals surface area contributed by atoms with Gasteiger partial charge in [0.15, 0.2) is 0 Å². The molecule has 1 aromatic heterocycles. The lowest BCUT2D eigenvalue weighted by Gasteiger charge is -2.03. The van der Waals surface area contributed by atoms with Crippen molar-refractivity contribution in [2.45, 2.75) is 44.6 Å². The van der Waals surface area contributed by atoms with E-state index in [1.54, 1.807) is 11.3 Å². The van der Waals surface area contributed by atoms with Gasteiger partial charge in [-0.15, -0.1) is 11.3 Å². The average molecular weight is 196 g/mol. The van der Waals surface area contributed by atoms with Crippen molar-refractivity contribution in [2.24, 2.45) is 5.73 Å². The number of aromatic nitrogens is 1. The van der Waals surface area contributed by atoms with E-state index in [-0.39, 0.29) is 5.54 Å². The second-order valence-electron chi connectivity index (χ2n) is 4.02. The fourth-order valence-electron chi connectivity index (χ4n) is 1.44. The molecule has 0 saturated heterocycles. The molecule has 1 aliphatic rings. The third-order valence-electron chi connectivity index (χ3n) is 2.50. The Kier molecular flexibility index (Phi) is 2.39. The van der Waals surface area contributed by atoms with Gasteiger partial charge in [0, 0.05) is 17.3 Å². The van der Waals surface area contributed by atoms with E-state index in [1.807, 2.05) is 0 Å². The van der Waals surface area contributed by atoms with Crippen LogP contribution in [0, 0.1) is 0 Å². The van der Waals surface area contributed by atoms with E-state index in [0.717, 1.165) is 12.8 Å². The van der Waals surface area contributed by atoms with Crippen molar-refractivity contribution in [3.8, 4) is 0 Å². The predicted octanol–water partition coefficient (Wildman–Crippen LogP) is 2.13. The van der Waals surface area contributed by atoms with E-state index in [0.29, 0.717) is 0 Å². The van der Waals surface area contributed by atoms with Crippen molar-refractivity contribution in [3.05, 3.63) is 16.1 Å². The Hall–Kier alpha value is -0.410. The lowest BCUT2D eigenvalue weighted by atomic mass is 10.2. The fourth-order valence-corrected chi connectivity index (χ4v) is 2.42. The maximum Gasteiger partial charge on any atom is 0.0946 e. The topological polar surface area (TPSA) is 38.9 Å². The number of aryl methyl sites for hydroxylation is 1. The van der Waals surface area contributed by atoms with E-state index in [9.17, 15) is 0 Å². The summed E-state index contributed by atoms with van der Waals surface area (Å²) in [5.41, 5.74) is 7.38. The van der Waals surface area contributed by atoms with Crippen LogP contribution in [-0.4, -0.2) is 10.5 Å². The van der Waals surface area contributed by atoms with E-state index < -0.39 is 0 Å². The Bertz CT molecular complexity index is 289. The molecule has 0 amide bonds. The minimum absolute atomic E-state index is 0.112. The van der Waals surface area contributed by atoms with Crippen LogP contribution in [0.3, 0.4) is 0 Å². The Morgan fingerprint density at radius 1 is 1.62 bits per heavy atom. The van der Waals surface area contributed by atoms with Gasteiger partial charge in [-0.2, -0.15) is 0 Å². The molecule has 1 saturated carbocycles. The zero-order valence-electron chi connectivity index (χ0n) is 8.05. The summed E-state index contributed by atoms with van der Waals surface area (Å²) in [6.07, 6.45) is 5.62. The van der Waals surface area contributed by atoms with E-state index in [2.05, 4.69) is 17.3 Å². The highest BCUT2D eigenvalue weighted by Crippen LogP contribution is 2.36. The summed E-state index contributed by atoms with van der Waals surface area (Å²) in [4.78, 5) is 4.56. The van der Waals surface area contributed by atoms with E-state index >= 15 is 0 Å². The maximum absolute atomic E-state index is 6.03. The fraction of sp³-hybridized carbons (Fsp3) is 0.700. The van der Waals surface area contributed by atoms with Crippen LogP contribution < -0.4 is 5.73 Å². The van der Waals surface area contributed by atoms with Crippen molar-refractivity contribution in [2.75, 3.05) is 0 Å². The Morgan fingerprint density at radius 3 is 3.00 bits per heavy atom. The predicted molar refractivity (Wildman–Crippen MR) is 56.0 cm³/mol. The summed E-state index contributed by atoms with van der Waals surface area (Å²) in [7, 11) is 0. The average Bonchev–Trinajstić information content (AvgIpc) is 2.61. The quantitative estimate of drug-likeness (QED) is 0.801. The molecule has 2 N–H and O–H groups in total. The summed E-state index contributed by atoms with van der Waals surface area (Å²) in [6.45, 7) is 2.18. The summed E-state index contributed by atoms with van der Waals surface area (Å²) < 4.78 is 0. The van der Waals surface area contributed by atoms with Gasteiger partial charge in [0.05, 0.1) is 10.7 Å². The minimum Gasteiger partial charge on any atom is -0.325 e. The third-order valence-corrected chi connectivity index (χ3v) is 3.40. The van der Waals surface area contributed by atoms with Crippen molar-refractivity contribution < 1.29 is 0 Å². The Morgan fingerprint density at radius 2 is 2.38 bits per heavy atom. The van der Waals surface area contributed by atoms with Crippen molar-refractivity contribution in [1.82, 2.24) is 4.98 Å². The molecular formula is C10H16N2S. The van der Waals surface area contributed by atoms with Crippen LogP contribution in [0.2, 0.25) is 0 Å². The number of thiazole rings is 1. The van der Waals surface area contributed by atoms with Gasteiger partial charge >= 0.3 is 0 Å². The van der Waals surface area contributed by atoms with Crippen LogP contribution in [0.1, 0.15) is 36.9 Å². The van der Waals surface area contributed by atoms with Crippen LogP contribution in [-0.2, 0) is 12.8 Å². The van der Waals surface area contributed by atoms with Crippen LogP contribution in [0.25, 0.3) is 0 Å². The first-order valence-corrected chi connectivity index (χ1v) is 5.82. The molecule has 1 aromatic rings. The van der Waals surface area contributed by atoms with Gasteiger partial charge in [-0.1, -0.05) is 13.3 Å². The first kappa shape index (κ1) is 9.16. The lowest BCUT2D eigenvalue weighted by Crippen LogP contribution is -2.24. The summed E-state index contributed by atoms with van der Waals surface area (Å²) in [5, 5.41) is 3.40. The molecule has 0 unspecified atom stereocenters. The van der Waals surface area contributed by atoms with Crippen LogP contribution >= 0.6 is 11.3 Å². The van der Waals surface area contributed by atoms with Gasteiger partial charge in [0.25, 0.3) is 0 Å². The third kappa shape index (κ3) is 2.29. The zero-order chi connectivity index (χ0) is 9.31. The standard InChI is InChI=1S/C10H16N2S/c1-2-3-8-7-13-9(12-8)6-10(11)4-5-10/h7H,2-6,11H2,1H3. The largest absolute Gasteiger partial charge is 0.325 e. The normalized spacial score (nSPS) is 18.9. The molecule has 1 heterocycles. The van der Waals surface area contributed by atoms with E-state index in [4.69, 9.17) is 5.73 Å². The lowest BCUT2D eigenvalue weighted by molar-refractivity contribution is 0.666. The Balaban J connectivity index is 1.97. The van der Waals surface area contributed by atoms with Crippen molar-refractivity contribution >= 4 is 11.3 Å². The number of hydrogen-bond acceptors (Lipinski definition) is 3. The highest BCUT2D eigenvalue weighted by atomic mass is 32.1. The monoisotopic (exact) mass is 196 g/mol. The Labute approximate surface area is 83.2 Å². The van der Waals surface area contributed by atoms with E-state index in [1.165, 1.54) is 30.0 Å². The molecule has 0 radical (unpaired) electrons. The van der Waals surface area contributed by atoms with Crippen LogP contribution in [0.4, 0.5) is 0 Å². The second-order valence-corrected chi connectivity index (χ2v) is 4.96. The summed E-state index contributed by atoms with van der Waals surface area (Å²) in [5.74, 6) is 0. The zero-order valence-corrected chi connectivity index (χ0v) is 8.86. The van der Waals surface area contributed by atoms with Crippen molar-refractivity contribution in [3.63, 3.8) is 0 Å². The number of nitrogens with two attached hydrogens (primary N) is 1. The molecule has 0 atom stereocenters. The molecule has 0 aromatic carbocycles. The molecule has 0 aliphatic heterocycles. The van der Waals surface area contributed by atoms with Gasteiger partial charge in [-0.05, 0) is 19.3 Å². The van der Waals surface area contributed by atoms with Gasteiger partial charge in [-0.3, -0.25) is 0 Å².